The molecule has 1 aliphatic heterocycles. The molecule has 1 amide bonds. The molecular weight excluding hydrogens is 370 g/mol. The van der Waals surface area contributed by atoms with Gasteiger partial charge in [0.15, 0.2) is 17.2 Å². The van der Waals surface area contributed by atoms with Crippen LogP contribution in [0.25, 0.3) is 11.0 Å². The van der Waals surface area contributed by atoms with Crippen molar-refractivity contribution in [2.45, 2.75) is 13.0 Å². The molecule has 1 atom stereocenters. The molecule has 0 saturated carbocycles. The van der Waals surface area contributed by atoms with E-state index in [4.69, 9.17) is 4.74 Å². The van der Waals surface area contributed by atoms with E-state index >= 15 is 0 Å². The van der Waals surface area contributed by atoms with E-state index in [0.29, 0.717) is 11.4 Å². The summed E-state index contributed by atoms with van der Waals surface area (Å²) in [6, 6.07) is 10.4. The molecule has 1 aliphatic rings. The summed E-state index contributed by atoms with van der Waals surface area (Å²) in [5.74, 6) is 0.222. The first-order chi connectivity index (χ1) is 14.0. The van der Waals surface area contributed by atoms with Gasteiger partial charge < -0.3 is 14.8 Å². The minimum Gasteiger partial charge on any atom is -0.504 e. The van der Waals surface area contributed by atoms with Crippen LogP contribution in [0.4, 0.5) is 5.69 Å². The number of phenols is 1. The summed E-state index contributed by atoms with van der Waals surface area (Å²) in [6.07, 6.45) is 1.62. The fourth-order valence-electron chi connectivity index (χ4n) is 4.00. The number of aromatic amines is 1. The van der Waals surface area contributed by atoms with E-state index in [2.05, 4.69) is 15.1 Å². The Morgan fingerprint density at radius 3 is 2.79 bits per heavy atom. The van der Waals surface area contributed by atoms with Crippen molar-refractivity contribution in [3.8, 4) is 11.5 Å². The number of nitrogens with one attached hydrogen (secondary N) is 1. The van der Waals surface area contributed by atoms with Gasteiger partial charge in [-0.25, -0.2) is 4.98 Å². The van der Waals surface area contributed by atoms with Gasteiger partial charge in [0.25, 0.3) is 5.91 Å². The van der Waals surface area contributed by atoms with Crippen molar-refractivity contribution < 1.29 is 14.6 Å². The number of carbonyl (C=O) groups is 1. The molecule has 29 heavy (non-hydrogen) atoms. The van der Waals surface area contributed by atoms with Crippen molar-refractivity contribution in [1.29, 1.82) is 0 Å². The molecular formula is C21H19N5O3. The molecule has 0 fully saturated rings. The first-order valence-electron chi connectivity index (χ1n) is 9.16. The van der Waals surface area contributed by atoms with Crippen molar-refractivity contribution in [1.82, 2.24) is 19.7 Å². The Balaban J connectivity index is 1.72. The van der Waals surface area contributed by atoms with Gasteiger partial charge in [-0.3, -0.25) is 14.4 Å². The second kappa shape index (κ2) is 6.10. The number of carbonyl (C=O) groups excluding carboxylic acids is 1. The number of nitrogens with zero attached hydrogens (tertiary/aromatic N) is 4. The number of anilines is 1. The average molecular weight is 389 g/mol. The van der Waals surface area contributed by atoms with Crippen LogP contribution >= 0.6 is 0 Å². The van der Waals surface area contributed by atoms with Crippen molar-refractivity contribution in [3.05, 3.63) is 65.2 Å². The monoisotopic (exact) mass is 389 g/mol. The molecule has 1 unspecified atom stereocenters. The highest BCUT2D eigenvalue weighted by atomic mass is 16.5. The van der Waals surface area contributed by atoms with Crippen LogP contribution < -0.4 is 9.64 Å². The maximum atomic E-state index is 13.4. The van der Waals surface area contributed by atoms with Crippen LogP contribution in [-0.2, 0) is 7.05 Å². The van der Waals surface area contributed by atoms with Gasteiger partial charge in [-0.1, -0.05) is 6.07 Å². The normalized spacial score (nSPS) is 15.9. The number of fused-ring (bicyclic) bond motifs is 2. The lowest BCUT2D eigenvalue weighted by molar-refractivity contribution is 0.0988. The number of rotatable bonds is 3. The van der Waals surface area contributed by atoms with Crippen LogP contribution in [0.3, 0.4) is 0 Å². The lowest BCUT2D eigenvalue weighted by Gasteiger charge is -2.27. The fourth-order valence-corrected chi connectivity index (χ4v) is 4.00. The van der Waals surface area contributed by atoms with E-state index in [1.807, 2.05) is 38.2 Å². The summed E-state index contributed by atoms with van der Waals surface area (Å²) < 4.78 is 6.89. The molecule has 5 rings (SSSR count). The Morgan fingerprint density at radius 1 is 1.21 bits per heavy atom. The Hall–Kier alpha value is -3.81. The van der Waals surface area contributed by atoms with Crippen molar-refractivity contribution in [3.63, 3.8) is 0 Å². The lowest BCUT2D eigenvalue weighted by Crippen LogP contribution is -2.29. The highest BCUT2D eigenvalue weighted by Crippen LogP contribution is 2.44. The van der Waals surface area contributed by atoms with E-state index in [0.717, 1.165) is 33.5 Å². The van der Waals surface area contributed by atoms with Crippen molar-refractivity contribution in [2.24, 2.45) is 7.05 Å². The molecule has 2 N–H and O–H groups in total. The molecule has 146 valence electrons. The van der Waals surface area contributed by atoms with Gasteiger partial charge in [-0.2, -0.15) is 5.10 Å². The third-order valence-corrected chi connectivity index (χ3v) is 5.54. The molecule has 2 aromatic carbocycles. The zero-order valence-corrected chi connectivity index (χ0v) is 16.2. The molecule has 0 radical (unpaired) electrons. The number of imidazole rings is 1. The predicted molar refractivity (Wildman–Crippen MR) is 107 cm³/mol. The van der Waals surface area contributed by atoms with Gasteiger partial charge in [-0.05, 0) is 42.8 Å². The van der Waals surface area contributed by atoms with Gasteiger partial charge in [0, 0.05) is 24.0 Å². The summed E-state index contributed by atoms with van der Waals surface area (Å²) in [5, 5.41) is 14.8. The molecule has 0 saturated heterocycles. The zero-order valence-electron chi connectivity index (χ0n) is 16.2. The second-order valence-electron chi connectivity index (χ2n) is 7.08. The first-order valence-corrected chi connectivity index (χ1v) is 9.16. The van der Waals surface area contributed by atoms with Gasteiger partial charge in [0.2, 0.25) is 0 Å². The minimum absolute atomic E-state index is 0.0233. The molecule has 4 aromatic rings. The summed E-state index contributed by atoms with van der Waals surface area (Å²) in [6.45, 7) is 1.94. The SMILES string of the molecule is COc1ccc(C2c3c(nn(C)c3C)C(=O)N2c2ccc3[nH]cnc3c2)cc1O. The number of phenolic OH excluding ortho intramolecular Hbond substituents is 1. The molecule has 3 heterocycles. The molecule has 0 aliphatic carbocycles. The van der Waals surface area contributed by atoms with Crippen LogP contribution in [0, 0.1) is 6.92 Å². The number of methoxy groups -OCH3 is 1. The van der Waals surface area contributed by atoms with Gasteiger partial charge >= 0.3 is 0 Å². The zero-order chi connectivity index (χ0) is 20.3. The molecule has 8 heteroatoms. The van der Waals surface area contributed by atoms with Crippen LogP contribution in [0.15, 0.2) is 42.7 Å². The maximum Gasteiger partial charge on any atom is 0.280 e. The maximum absolute atomic E-state index is 13.4. The largest absolute Gasteiger partial charge is 0.504 e. The number of aromatic nitrogens is 4. The van der Waals surface area contributed by atoms with Crippen molar-refractivity contribution >= 4 is 22.6 Å². The fraction of sp³-hybridized carbons (Fsp3) is 0.190. The number of ether oxygens (including phenoxy) is 1. The second-order valence-corrected chi connectivity index (χ2v) is 7.08. The Morgan fingerprint density at radius 2 is 2.03 bits per heavy atom. The van der Waals surface area contributed by atoms with E-state index in [1.54, 1.807) is 28.0 Å². The van der Waals surface area contributed by atoms with Crippen molar-refractivity contribution in [2.75, 3.05) is 12.0 Å². The molecule has 0 spiro atoms. The standard InChI is InChI=1S/C21H19N5O3/c1-11-18-19(24-25(11)2)21(28)26(13-5-6-14-15(9-13)23-10-22-14)20(18)12-4-7-17(29-3)16(27)8-12/h4-10,20,27H,1-3H3,(H,22,23). The van der Waals surface area contributed by atoms with Gasteiger partial charge in [0.1, 0.15) is 0 Å². The summed E-state index contributed by atoms with van der Waals surface area (Å²) in [7, 11) is 3.33. The Labute approximate surface area is 166 Å². The first kappa shape index (κ1) is 17.3. The number of hydrogen-bond acceptors (Lipinski definition) is 5. The third kappa shape index (κ3) is 2.42. The molecule has 0 bridgehead atoms. The summed E-state index contributed by atoms with van der Waals surface area (Å²) in [5.41, 5.74) is 5.32. The van der Waals surface area contributed by atoms with Crippen LogP contribution in [0.1, 0.15) is 33.4 Å². The number of aromatic hydroxyl groups is 1. The number of H-pyrrole nitrogens is 1. The third-order valence-electron chi connectivity index (χ3n) is 5.54. The summed E-state index contributed by atoms with van der Waals surface area (Å²) >= 11 is 0. The Kier molecular flexibility index (Phi) is 3.64. The number of amides is 1. The van der Waals surface area contributed by atoms with E-state index in [1.165, 1.54) is 7.11 Å². The number of aryl methyl sites for hydroxylation is 1. The molecule has 8 nitrogen and oxygen atoms in total. The van der Waals surface area contributed by atoms with E-state index in [-0.39, 0.29) is 11.7 Å². The van der Waals surface area contributed by atoms with Crippen LogP contribution in [0.2, 0.25) is 0 Å². The van der Waals surface area contributed by atoms with Gasteiger partial charge in [-0.15, -0.1) is 0 Å². The van der Waals surface area contributed by atoms with E-state index in [9.17, 15) is 9.90 Å². The predicted octanol–water partition coefficient (Wildman–Crippen LogP) is 3.07. The topological polar surface area (TPSA) is 96.3 Å². The lowest BCUT2D eigenvalue weighted by atomic mass is 9.98. The smallest absolute Gasteiger partial charge is 0.280 e. The number of hydrogen-bond donors (Lipinski definition) is 2. The molecule has 2 aromatic heterocycles. The van der Waals surface area contributed by atoms with Crippen LogP contribution in [0.5, 0.6) is 11.5 Å². The highest BCUT2D eigenvalue weighted by Gasteiger charge is 2.43. The minimum atomic E-state index is -0.417. The van der Waals surface area contributed by atoms with Crippen LogP contribution in [-0.4, -0.2) is 37.9 Å². The average Bonchev–Trinajstić information content (AvgIpc) is 3.37. The Bertz CT molecular complexity index is 1270. The summed E-state index contributed by atoms with van der Waals surface area (Å²) in [4.78, 5) is 22.4. The van der Waals surface area contributed by atoms with E-state index < -0.39 is 6.04 Å². The quantitative estimate of drug-likeness (QED) is 0.561. The highest BCUT2D eigenvalue weighted by molar-refractivity contribution is 6.11. The van der Waals surface area contributed by atoms with Gasteiger partial charge in [0.05, 0.1) is 30.5 Å². The number of benzene rings is 2.